The molecule has 1 aromatic rings. The number of rotatable bonds is 7. The van der Waals surface area contributed by atoms with Crippen LogP contribution in [0.25, 0.3) is 0 Å². The van der Waals surface area contributed by atoms with Crippen LogP contribution in [0.1, 0.15) is 25.7 Å². The summed E-state index contributed by atoms with van der Waals surface area (Å²) < 4.78 is 5.51. The molecule has 1 heterocycles. The van der Waals surface area contributed by atoms with Crippen LogP contribution in [-0.2, 0) is 9.59 Å². The molecule has 0 aliphatic carbocycles. The van der Waals surface area contributed by atoms with Crippen molar-refractivity contribution >= 4 is 17.5 Å². The standard InChI is InChI=1S/C16H23N3O3/c17-15(20)7-10-22-14-4-2-1-3-13(14)19-16(21)11-12-5-8-18-9-6-12/h1-4,12,18H,5-11H2,(H2,17,20)(H,19,21). The van der Waals surface area contributed by atoms with Crippen LogP contribution >= 0.6 is 0 Å². The van der Waals surface area contributed by atoms with Gasteiger partial charge in [0.1, 0.15) is 5.75 Å². The minimum Gasteiger partial charge on any atom is -0.491 e. The van der Waals surface area contributed by atoms with Gasteiger partial charge in [-0.2, -0.15) is 0 Å². The molecule has 0 unspecified atom stereocenters. The molecule has 0 saturated carbocycles. The first-order valence-electron chi connectivity index (χ1n) is 7.66. The van der Waals surface area contributed by atoms with Gasteiger partial charge in [-0.25, -0.2) is 0 Å². The fourth-order valence-electron chi connectivity index (χ4n) is 2.51. The summed E-state index contributed by atoms with van der Waals surface area (Å²) in [6.45, 7) is 2.16. The third kappa shape index (κ3) is 5.37. The molecule has 0 aromatic heterocycles. The number of ether oxygens (including phenoxy) is 1. The molecule has 1 aromatic carbocycles. The number of benzene rings is 1. The Labute approximate surface area is 130 Å². The van der Waals surface area contributed by atoms with E-state index in [1.165, 1.54) is 0 Å². The summed E-state index contributed by atoms with van der Waals surface area (Å²) in [5.74, 6) is 0.580. The number of carbonyl (C=O) groups is 2. The topological polar surface area (TPSA) is 93.5 Å². The van der Waals surface area contributed by atoms with Gasteiger partial charge in [-0.05, 0) is 44.0 Å². The fourth-order valence-corrected chi connectivity index (χ4v) is 2.51. The number of anilines is 1. The minimum atomic E-state index is -0.410. The van der Waals surface area contributed by atoms with Crippen molar-refractivity contribution in [3.8, 4) is 5.75 Å². The predicted molar refractivity (Wildman–Crippen MR) is 84.6 cm³/mol. The largest absolute Gasteiger partial charge is 0.491 e. The Morgan fingerprint density at radius 2 is 2.00 bits per heavy atom. The van der Waals surface area contributed by atoms with Gasteiger partial charge >= 0.3 is 0 Å². The van der Waals surface area contributed by atoms with Crippen LogP contribution in [-0.4, -0.2) is 31.5 Å². The molecule has 1 saturated heterocycles. The fraction of sp³-hybridized carbons (Fsp3) is 0.500. The van der Waals surface area contributed by atoms with E-state index in [1.807, 2.05) is 12.1 Å². The van der Waals surface area contributed by atoms with Gasteiger partial charge in [-0.1, -0.05) is 12.1 Å². The Bertz CT molecular complexity index is 513. The summed E-state index contributed by atoms with van der Waals surface area (Å²) in [6, 6.07) is 7.21. The molecular formula is C16H23N3O3. The molecule has 1 aliphatic rings. The van der Waals surface area contributed by atoms with E-state index >= 15 is 0 Å². The van der Waals surface area contributed by atoms with Crippen LogP contribution in [0.5, 0.6) is 5.75 Å². The molecule has 4 N–H and O–H groups in total. The number of piperidine rings is 1. The second-order valence-corrected chi connectivity index (χ2v) is 5.51. The van der Waals surface area contributed by atoms with Gasteiger partial charge in [0.05, 0.1) is 18.7 Å². The summed E-state index contributed by atoms with van der Waals surface area (Å²) in [6.07, 6.45) is 2.74. The summed E-state index contributed by atoms with van der Waals surface area (Å²) in [7, 11) is 0. The monoisotopic (exact) mass is 305 g/mol. The summed E-state index contributed by atoms with van der Waals surface area (Å²) >= 11 is 0. The Morgan fingerprint density at radius 3 is 2.73 bits per heavy atom. The highest BCUT2D eigenvalue weighted by Crippen LogP contribution is 2.25. The Hall–Kier alpha value is -2.08. The number of amides is 2. The van der Waals surface area contributed by atoms with Crippen molar-refractivity contribution in [1.82, 2.24) is 5.32 Å². The maximum Gasteiger partial charge on any atom is 0.224 e. The third-order valence-electron chi connectivity index (χ3n) is 3.70. The molecule has 22 heavy (non-hydrogen) atoms. The zero-order valence-electron chi connectivity index (χ0n) is 12.6. The average Bonchev–Trinajstić information content (AvgIpc) is 2.49. The molecule has 120 valence electrons. The first kappa shape index (κ1) is 16.3. The molecule has 1 fully saturated rings. The second-order valence-electron chi connectivity index (χ2n) is 5.51. The quantitative estimate of drug-likeness (QED) is 0.707. The van der Waals surface area contributed by atoms with Crippen molar-refractivity contribution in [3.63, 3.8) is 0 Å². The first-order valence-corrected chi connectivity index (χ1v) is 7.66. The van der Waals surface area contributed by atoms with Crippen molar-refractivity contribution in [2.45, 2.75) is 25.7 Å². The van der Waals surface area contributed by atoms with E-state index in [-0.39, 0.29) is 18.9 Å². The van der Waals surface area contributed by atoms with Crippen LogP contribution in [0.2, 0.25) is 0 Å². The molecule has 0 spiro atoms. The smallest absolute Gasteiger partial charge is 0.224 e. The number of primary amides is 1. The number of para-hydroxylation sites is 2. The summed E-state index contributed by atoms with van der Waals surface area (Å²) in [5, 5.41) is 6.19. The van der Waals surface area contributed by atoms with E-state index in [9.17, 15) is 9.59 Å². The van der Waals surface area contributed by atoms with Crippen molar-refractivity contribution in [2.24, 2.45) is 11.7 Å². The lowest BCUT2D eigenvalue weighted by molar-refractivity contribution is -0.119. The maximum absolute atomic E-state index is 12.2. The summed E-state index contributed by atoms with van der Waals surface area (Å²) in [4.78, 5) is 22.9. The zero-order chi connectivity index (χ0) is 15.8. The molecule has 2 rings (SSSR count). The predicted octanol–water partition coefficient (Wildman–Crippen LogP) is 1.27. The Balaban J connectivity index is 1.87. The van der Waals surface area contributed by atoms with Crippen LogP contribution < -0.4 is 21.1 Å². The zero-order valence-corrected chi connectivity index (χ0v) is 12.6. The third-order valence-corrected chi connectivity index (χ3v) is 3.70. The van der Waals surface area contributed by atoms with Crippen LogP contribution in [0, 0.1) is 5.92 Å². The van der Waals surface area contributed by atoms with Crippen molar-refractivity contribution in [1.29, 1.82) is 0 Å². The molecule has 6 nitrogen and oxygen atoms in total. The van der Waals surface area contributed by atoms with Gasteiger partial charge in [-0.15, -0.1) is 0 Å². The highest BCUT2D eigenvalue weighted by Gasteiger charge is 2.17. The first-order chi connectivity index (χ1) is 10.6. The molecule has 2 amide bonds. The van der Waals surface area contributed by atoms with Crippen LogP contribution in [0.3, 0.4) is 0 Å². The Kier molecular flexibility index (Phi) is 6.21. The van der Waals surface area contributed by atoms with E-state index in [0.717, 1.165) is 25.9 Å². The molecule has 0 atom stereocenters. The van der Waals surface area contributed by atoms with Gasteiger partial charge in [0.2, 0.25) is 11.8 Å². The van der Waals surface area contributed by atoms with Gasteiger partial charge in [0.15, 0.2) is 0 Å². The van der Waals surface area contributed by atoms with Crippen LogP contribution in [0.4, 0.5) is 5.69 Å². The van der Waals surface area contributed by atoms with Gasteiger partial charge in [0, 0.05) is 6.42 Å². The molecular weight excluding hydrogens is 282 g/mol. The number of hydrogen-bond acceptors (Lipinski definition) is 4. The average molecular weight is 305 g/mol. The van der Waals surface area contributed by atoms with E-state index in [2.05, 4.69) is 10.6 Å². The highest BCUT2D eigenvalue weighted by molar-refractivity contribution is 5.92. The second kappa shape index (κ2) is 8.38. The lowest BCUT2D eigenvalue weighted by Crippen LogP contribution is -2.30. The van der Waals surface area contributed by atoms with Gasteiger partial charge in [-0.3, -0.25) is 9.59 Å². The van der Waals surface area contributed by atoms with Crippen molar-refractivity contribution in [2.75, 3.05) is 25.0 Å². The summed E-state index contributed by atoms with van der Waals surface area (Å²) in [5.41, 5.74) is 5.72. The van der Waals surface area contributed by atoms with Gasteiger partial charge < -0.3 is 21.1 Å². The minimum absolute atomic E-state index is 0.00199. The van der Waals surface area contributed by atoms with E-state index in [1.54, 1.807) is 12.1 Å². The van der Waals surface area contributed by atoms with Crippen molar-refractivity contribution in [3.05, 3.63) is 24.3 Å². The SMILES string of the molecule is NC(=O)CCOc1ccccc1NC(=O)CC1CCNCC1. The van der Waals surface area contributed by atoms with Gasteiger partial charge in [0.25, 0.3) is 0 Å². The van der Waals surface area contributed by atoms with Crippen LogP contribution in [0.15, 0.2) is 24.3 Å². The lowest BCUT2D eigenvalue weighted by Gasteiger charge is -2.22. The van der Waals surface area contributed by atoms with E-state index < -0.39 is 5.91 Å². The lowest BCUT2D eigenvalue weighted by atomic mass is 9.94. The highest BCUT2D eigenvalue weighted by atomic mass is 16.5. The normalized spacial score (nSPS) is 15.3. The number of carbonyl (C=O) groups excluding carboxylic acids is 2. The molecule has 0 bridgehead atoms. The van der Waals surface area contributed by atoms with E-state index in [4.69, 9.17) is 10.5 Å². The molecule has 6 heteroatoms. The molecule has 1 aliphatic heterocycles. The number of nitrogens with one attached hydrogen (secondary N) is 2. The van der Waals surface area contributed by atoms with Crippen molar-refractivity contribution < 1.29 is 14.3 Å². The van der Waals surface area contributed by atoms with E-state index in [0.29, 0.717) is 23.8 Å². The molecule has 0 radical (unpaired) electrons. The number of hydrogen-bond donors (Lipinski definition) is 3. The maximum atomic E-state index is 12.2. The Morgan fingerprint density at radius 1 is 1.27 bits per heavy atom. The number of nitrogens with two attached hydrogens (primary N) is 1.